The second-order valence-corrected chi connectivity index (χ2v) is 6.94. The second-order valence-electron chi connectivity index (χ2n) is 5.42. The van der Waals surface area contributed by atoms with Gasteiger partial charge in [0.1, 0.15) is 0 Å². The van der Waals surface area contributed by atoms with Gasteiger partial charge in [0.25, 0.3) is 0 Å². The van der Waals surface area contributed by atoms with E-state index in [4.69, 9.17) is 27.9 Å². The molecule has 128 valence electrons. The Hall–Kier alpha value is -0.500. The first-order valence-corrected chi connectivity index (χ1v) is 8.91. The smallest absolute Gasteiger partial charge is 0.338 e. The van der Waals surface area contributed by atoms with Gasteiger partial charge in [-0.15, -0.1) is 0 Å². The zero-order valence-electron chi connectivity index (χ0n) is 12.4. The lowest BCUT2D eigenvalue weighted by atomic mass is 9.87. The summed E-state index contributed by atoms with van der Waals surface area (Å²) in [6.07, 6.45) is 7.14. The number of carbonyl (C=O) groups is 1. The fourth-order valence-corrected chi connectivity index (χ4v) is 3.73. The molecule has 2 rings (SSSR count). The summed E-state index contributed by atoms with van der Waals surface area (Å²) in [5.41, 5.74) is 0.260. The highest BCUT2D eigenvalue weighted by Crippen LogP contribution is 2.36. The largest absolute Gasteiger partial charge is 0.691 e. The van der Waals surface area contributed by atoms with Crippen LogP contribution in [0.3, 0.4) is 0 Å². The van der Waals surface area contributed by atoms with Crippen molar-refractivity contribution in [3.05, 3.63) is 27.7 Å². The Kier molecular flexibility index (Phi) is 7.95. The summed E-state index contributed by atoms with van der Waals surface area (Å²) in [4.78, 5) is 12.4. The molecule has 0 bridgehead atoms. The third-order valence-corrected chi connectivity index (χ3v) is 5.41. The predicted molar refractivity (Wildman–Crippen MR) is 86.0 cm³/mol. The average molecular weight is 380 g/mol. The van der Waals surface area contributed by atoms with E-state index in [9.17, 15) is 10.1 Å². The molecule has 0 heterocycles. The molecule has 1 aromatic rings. The van der Waals surface area contributed by atoms with Crippen LogP contribution in [0.2, 0.25) is 10.0 Å². The molecule has 0 aliphatic heterocycles. The maximum Gasteiger partial charge on any atom is 0.338 e. The van der Waals surface area contributed by atoms with Crippen LogP contribution in [-0.4, -0.2) is 12.6 Å². The molecule has 0 spiro atoms. The van der Waals surface area contributed by atoms with Crippen LogP contribution < -0.4 is 5.26 Å². The fraction of sp³-hybridized carbons (Fsp3) is 0.533. The van der Waals surface area contributed by atoms with Crippen LogP contribution in [0.25, 0.3) is 0 Å². The molecule has 0 unspecified atom stereocenters. The lowest BCUT2D eigenvalue weighted by Crippen LogP contribution is -2.12. The molecular weight excluding hydrogens is 363 g/mol. The molecular formula is C15H17Cl2O5S-. The summed E-state index contributed by atoms with van der Waals surface area (Å²) in [6, 6.07) is 2.85. The van der Waals surface area contributed by atoms with E-state index >= 15 is 0 Å². The third-order valence-electron chi connectivity index (χ3n) is 3.86. The standard InChI is InChI=1S/C15H18Cl2O5S/c16-12-8-11(9-13(17)14(12)23-22-21-19)15(18)20-7-6-10-4-2-1-3-5-10/h8-10,19H,1-7H2/p-1. The molecule has 0 atom stereocenters. The minimum absolute atomic E-state index is 0.179. The Balaban J connectivity index is 1.88. The SMILES string of the molecule is O=C(OCCC1CCCCC1)c1cc(Cl)c(SOO[O-])c(Cl)c1. The van der Waals surface area contributed by atoms with Gasteiger partial charge in [0.2, 0.25) is 0 Å². The van der Waals surface area contributed by atoms with Crippen molar-refractivity contribution in [2.24, 2.45) is 5.92 Å². The topological polar surface area (TPSA) is 67.8 Å². The van der Waals surface area contributed by atoms with Gasteiger partial charge in [0.15, 0.2) is 0 Å². The second kappa shape index (κ2) is 9.71. The molecule has 23 heavy (non-hydrogen) atoms. The number of hydrogen-bond donors (Lipinski definition) is 0. The summed E-state index contributed by atoms with van der Waals surface area (Å²) in [7, 11) is 0. The van der Waals surface area contributed by atoms with E-state index in [1.165, 1.54) is 44.2 Å². The first kappa shape index (κ1) is 18.8. The lowest BCUT2D eigenvalue weighted by Gasteiger charge is -2.21. The van der Waals surface area contributed by atoms with Gasteiger partial charge < -0.3 is 9.99 Å². The number of rotatable bonds is 7. The van der Waals surface area contributed by atoms with Crippen molar-refractivity contribution < 1.29 is 24.2 Å². The lowest BCUT2D eigenvalue weighted by molar-refractivity contribution is -0.777. The van der Waals surface area contributed by atoms with E-state index in [1.807, 2.05) is 0 Å². The van der Waals surface area contributed by atoms with Crippen LogP contribution in [0.5, 0.6) is 0 Å². The highest BCUT2D eigenvalue weighted by Gasteiger charge is 2.17. The molecule has 1 aromatic carbocycles. The summed E-state index contributed by atoms with van der Waals surface area (Å²) < 4.78 is 9.48. The number of esters is 1. The van der Waals surface area contributed by atoms with Crippen LogP contribution >= 0.6 is 35.2 Å². The minimum atomic E-state index is -0.470. The van der Waals surface area contributed by atoms with Gasteiger partial charge in [-0.3, -0.25) is 5.04 Å². The Morgan fingerprint density at radius 1 is 1.22 bits per heavy atom. The molecule has 0 aromatic heterocycles. The molecule has 0 saturated heterocycles. The Morgan fingerprint density at radius 2 is 1.87 bits per heavy atom. The van der Waals surface area contributed by atoms with E-state index < -0.39 is 5.97 Å². The van der Waals surface area contributed by atoms with Crippen LogP contribution in [0.1, 0.15) is 48.9 Å². The number of benzene rings is 1. The molecule has 5 nitrogen and oxygen atoms in total. The zero-order chi connectivity index (χ0) is 16.7. The van der Waals surface area contributed by atoms with Crippen LogP contribution in [0.15, 0.2) is 17.0 Å². The van der Waals surface area contributed by atoms with E-state index in [2.05, 4.69) is 9.37 Å². The van der Waals surface area contributed by atoms with Crippen molar-refractivity contribution in [3.8, 4) is 0 Å². The van der Waals surface area contributed by atoms with Crippen molar-refractivity contribution in [3.63, 3.8) is 0 Å². The molecule has 1 aliphatic rings. The zero-order valence-corrected chi connectivity index (χ0v) is 14.7. The summed E-state index contributed by atoms with van der Waals surface area (Å²) in [5, 5.41) is 13.5. The minimum Gasteiger partial charge on any atom is -0.691 e. The Bertz CT molecular complexity index is 512. The molecule has 1 aliphatic carbocycles. The van der Waals surface area contributed by atoms with Gasteiger partial charge in [-0.05, 0) is 24.5 Å². The molecule has 0 N–H and O–H groups in total. The van der Waals surface area contributed by atoms with Crippen LogP contribution in [0, 0.1) is 5.92 Å². The van der Waals surface area contributed by atoms with Crippen molar-refractivity contribution in [2.75, 3.05) is 6.61 Å². The maximum atomic E-state index is 12.1. The first-order chi connectivity index (χ1) is 11.1. The van der Waals surface area contributed by atoms with Gasteiger partial charge in [-0.25, -0.2) is 4.79 Å². The van der Waals surface area contributed by atoms with Crippen molar-refractivity contribution in [1.82, 2.24) is 0 Å². The van der Waals surface area contributed by atoms with Gasteiger partial charge >= 0.3 is 5.97 Å². The highest BCUT2D eigenvalue weighted by molar-refractivity contribution is 7.94. The number of ether oxygens (including phenoxy) is 1. The Morgan fingerprint density at radius 3 is 2.48 bits per heavy atom. The highest BCUT2D eigenvalue weighted by atomic mass is 35.5. The average Bonchev–Trinajstić information content (AvgIpc) is 2.55. The van der Waals surface area contributed by atoms with Crippen LogP contribution in [-0.2, 0) is 14.1 Å². The summed E-state index contributed by atoms with van der Waals surface area (Å²) >= 11 is 12.6. The van der Waals surface area contributed by atoms with Gasteiger partial charge in [-0.1, -0.05) is 55.3 Å². The van der Waals surface area contributed by atoms with Gasteiger partial charge in [-0.2, -0.15) is 4.33 Å². The van der Waals surface area contributed by atoms with Crippen LogP contribution in [0.4, 0.5) is 0 Å². The predicted octanol–water partition coefficient (Wildman–Crippen LogP) is 4.35. The monoisotopic (exact) mass is 379 g/mol. The fourth-order valence-electron chi connectivity index (χ4n) is 2.68. The van der Waals surface area contributed by atoms with E-state index in [-0.39, 0.29) is 15.6 Å². The van der Waals surface area contributed by atoms with Crippen molar-refractivity contribution in [2.45, 2.75) is 43.4 Å². The number of halogens is 2. The van der Waals surface area contributed by atoms with Gasteiger partial charge in [0.05, 0.1) is 39.2 Å². The normalized spacial score (nSPS) is 15.6. The van der Waals surface area contributed by atoms with E-state index in [0.29, 0.717) is 29.5 Å². The van der Waals surface area contributed by atoms with Crippen molar-refractivity contribution in [1.29, 1.82) is 0 Å². The third kappa shape index (κ3) is 5.81. The molecule has 1 fully saturated rings. The van der Waals surface area contributed by atoms with E-state index in [1.54, 1.807) is 0 Å². The molecule has 0 amide bonds. The quantitative estimate of drug-likeness (QED) is 0.303. The van der Waals surface area contributed by atoms with Crippen molar-refractivity contribution >= 4 is 41.2 Å². The summed E-state index contributed by atoms with van der Waals surface area (Å²) in [6.45, 7) is 0.391. The molecule has 8 heteroatoms. The summed E-state index contributed by atoms with van der Waals surface area (Å²) in [5.74, 6) is 0.175. The Labute approximate surface area is 149 Å². The van der Waals surface area contributed by atoms with E-state index in [0.717, 1.165) is 6.42 Å². The van der Waals surface area contributed by atoms with Gasteiger partial charge in [0, 0.05) is 0 Å². The molecule has 0 radical (unpaired) electrons. The maximum absolute atomic E-state index is 12.1. The number of carbonyl (C=O) groups excluding carboxylic acids is 1. The molecule has 1 saturated carbocycles. The number of hydrogen-bond acceptors (Lipinski definition) is 6. The first-order valence-electron chi connectivity index (χ1n) is 7.41.